The molecule has 1 aromatic carbocycles. The zero-order valence-corrected chi connectivity index (χ0v) is 27.9. The monoisotopic (exact) mass is 687 g/mol. The Kier molecular flexibility index (Phi) is 10.9. The highest BCUT2D eigenvalue weighted by molar-refractivity contribution is 7.19. The first-order valence-corrected chi connectivity index (χ1v) is 16.8. The van der Waals surface area contributed by atoms with Crippen molar-refractivity contribution in [1.82, 2.24) is 25.3 Å². The van der Waals surface area contributed by atoms with Crippen LogP contribution in [0.4, 0.5) is 13.2 Å². The van der Waals surface area contributed by atoms with Crippen LogP contribution in [-0.2, 0) is 17.6 Å². The van der Waals surface area contributed by atoms with Gasteiger partial charge in [0, 0.05) is 30.9 Å². The maximum atomic E-state index is 13.6. The van der Waals surface area contributed by atoms with Crippen molar-refractivity contribution < 1.29 is 37.5 Å². The van der Waals surface area contributed by atoms with Crippen molar-refractivity contribution in [3.05, 3.63) is 64.6 Å². The number of aliphatic carboxylic acids is 1. The van der Waals surface area contributed by atoms with Crippen LogP contribution in [0, 0.1) is 11.3 Å². The molecule has 48 heavy (non-hydrogen) atoms. The molecule has 0 unspecified atom stereocenters. The number of alkyl halides is 3. The molecule has 3 aromatic heterocycles. The van der Waals surface area contributed by atoms with E-state index in [0.717, 1.165) is 90.9 Å². The Hall–Kier alpha value is -3.88. The number of aromatic nitrogens is 3. The Labute approximate surface area is 280 Å². The molecule has 4 aromatic rings. The lowest BCUT2D eigenvalue weighted by atomic mass is 9.71. The smallest absolute Gasteiger partial charge is 0.475 e. The minimum atomic E-state index is -5.08. The molecular formula is C34H40F3N5O5S. The number of carboxylic acids is 1. The summed E-state index contributed by atoms with van der Waals surface area (Å²) in [5, 5.41) is 24.6. The van der Waals surface area contributed by atoms with E-state index in [-0.39, 0.29) is 23.5 Å². The van der Waals surface area contributed by atoms with Gasteiger partial charge in [-0.3, -0.25) is 4.79 Å². The van der Waals surface area contributed by atoms with Crippen LogP contribution < -0.4 is 5.32 Å². The van der Waals surface area contributed by atoms with Gasteiger partial charge in [-0.1, -0.05) is 61.5 Å². The molecule has 1 fully saturated rings. The van der Waals surface area contributed by atoms with Crippen molar-refractivity contribution in [3.63, 3.8) is 0 Å². The van der Waals surface area contributed by atoms with Gasteiger partial charge >= 0.3 is 12.1 Å². The Morgan fingerprint density at radius 1 is 1.08 bits per heavy atom. The number of halogens is 3. The van der Waals surface area contributed by atoms with E-state index in [1.807, 2.05) is 12.1 Å². The summed E-state index contributed by atoms with van der Waals surface area (Å²) in [5.41, 5.74) is 6.48. The quantitative estimate of drug-likeness (QED) is 0.200. The third-order valence-electron chi connectivity index (χ3n) is 9.09. The highest BCUT2D eigenvalue weighted by Gasteiger charge is 2.38. The minimum Gasteiger partial charge on any atom is -0.475 e. The number of nitrogens with one attached hydrogen (secondary N) is 1. The lowest BCUT2D eigenvalue weighted by Crippen LogP contribution is -2.38. The second-order valence-electron chi connectivity index (χ2n) is 13.5. The number of carbonyl (C=O) groups is 2. The van der Waals surface area contributed by atoms with Gasteiger partial charge < -0.3 is 25.0 Å². The molecule has 0 bridgehead atoms. The van der Waals surface area contributed by atoms with Crippen LogP contribution in [-0.4, -0.2) is 74.0 Å². The lowest BCUT2D eigenvalue weighted by molar-refractivity contribution is -0.192. The molecule has 2 atom stereocenters. The van der Waals surface area contributed by atoms with E-state index in [2.05, 4.69) is 54.3 Å². The van der Waals surface area contributed by atoms with Crippen LogP contribution in [0.3, 0.4) is 0 Å². The van der Waals surface area contributed by atoms with E-state index < -0.39 is 12.1 Å². The number of pyridine rings is 1. The fourth-order valence-electron chi connectivity index (χ4n) is 6.10. The fourth-order valence-corrected chi connectivity index (χ4v) is 6.94. The number of carbonyl (C=O) groups excluding carboxylic acids is 1. The van der Waals surface area contributed by atoms with Gasteiger partial charge in [0.15, 0.2) is 5.01 Å². The fraction of sp³-hybridized carbons (Fsp3) is 0.500. The highest BCUT2D eigenvalue weighted by Crippen LogP contribution is 2.38. The molecule has 0 radical (unpaired) electrons. The van der Waals surface area contributed by atoms with Crippen LogP contribution in [0.25, 0.3) is 21.5 Å². The van der Waals surface area contributed by atoms with Crippen molar-refractivity contribution in [3.8, 4) is 11.1 Å². The standard InChI is InChI=1S/C32H39N5O3S.C2HF3O2/c1-32(2,3)24-8-9-26-22(16-24)17-28-30(35-26)41-31(36-28)29(39)34-27(12-15-37-13-10-25(38)11-14-37)21-6-4-20(5-7-21)23-18-33-40-19-23;3-2(4,5)1(6)7/h4-7,17-19,24-25,27,38H,8-16H2,1-3H3,(H,34,39);(H,6,7)/t24-,27+;/m0./s1. The average Bonchev–Trinajstić information content (AvgIpc) is 3.72. The molecule has 4 heterocycles. The van der Waals surface area contributed by atoms with Gasteiger partial charge in [0.1, 0.15) is 16.6 Å². The van der Waals surface area contributed by atoms with E-state index in [9.17, 15) is 23.1 Å². The molecule has 14 heteroatoms. The normalized spacial score (nSPS) is 18.1. The number of piperidine rings is 1. The van der Waals surface area contributed by atoms with E-state index in [1.54, 1.807) is 12.5 Å². The van der Waals surface area contributed by atoms with Gasteiger partial charge in [-0.05, 0) is 72.6 Å². The minimum absolute atomic E-state index is 0.166. The SMILES string of the molecule is CC(C)(C)[C@H]1CCc2nc3sc(C(=O)N[C@H](CCN4CCC(O)CC4)c4ccc(-c5cnoc5)cc4)nc3cc2C1.O=C(O)C(F)(F)F. The number of amides is 1. The zero-order valence-electron chi connectivity index (χ0n) is 27.1. The largest absolute Gasteiger partial charge is 0.490 e. The van der Waals surface area contributed by atoms with Crippen LogP contribution >= 0.6 is 11.3 Å². The molecule has 6 rings (SSSR count). The number of benzene rings is 1. The molecule has 0 saturated carbocycles. The number of hydrogen-bond acceptors (Lipinski definition) is 9. The molecule has 1 aliphatic heterocycles. The second kappa shape index (κ2) is 14.7. The zero-order chi connectivity index (χ0) is 34.6. The van der Waals surface area contributed by atoms with Crippen LogP contribution in [0.2, 0.25) is 0 Å². The molecular weight excluding hydrogens is 647 g/mol. The molecule has 3 N–H and O–H groups in total. The Balaban J connectivity index is 0.000000582. The third kappa shape index (κ3) is 8.97. The average molecular weight is 688 g/mol. The number of aliphatic hydroxyl groups is 1. The number of thiazole rings is 1. The molecule has 0 spiro atoms. The summed E-state index contributed by atoms with van der Waals surface area (Å²) in [6.07, 6.45) is 3.53. The molecule has 1 amide bonds. The van der Waals surface area contributed by atoms with Gasteiger partial charge in [0.05, 0.1) is 18.3 Å². The van der Waals surface area contributed by atoms with E-state index in [4.69, 9.17) is 24.4 Å². The summed E-state index contributed by atoms with van der Waals surface area (Å²) in [4.78, 5) is 35.4. The number of nitrogens with zero attached hydrogens (tertiary/aromatic N) is 4. The Bertz CT molecular complexity index is 1690. The van der Waals surface area contributed by atoms with Gasteiger partial charge in [-0.2, -0.15) is 13.2 Å². The summed E-state index contributed by atoms with van der Waals surface area (Å²) >= 11 is 1.38. The summed E-state index contributed by atoms with van der Waals surface area (Å²) in [6, 6.07) is 10.2. The van der Waals surface area contributed by atoms with Crippen LogP contribution in [0.15, 0.2) is 47.3 Å². The second-order valence-corrected chi connectivity index (χ2v) is 14.4. The van der Waals surface area contributed by atoms with Gasteiger partial charge in [0.2, 0.25) is 0 Å². The van der Waals surface area contributed by atoms with E-state index >= 15 is 0 Å². The van der Waals surface area contributed by atoms with Crippen molar-refractivity contribution in [2.24, 2.45) is 11.3 Å². The van der Waals surface area contributed by atoms with Gasteiger partial charge in [-0.25, -0.2) is 14.8 Å². The topological polar surface area (TPSA) is 142 Å². The first-order chi connectivity index (χ1) is 22.7. The predicted octanol–water partition coefficient (Wildman–Crippen LogP) is 6.45. The summed E-state index contributed by atoms with van der Waals surface area (Å²) in [7, 11) is 0. The Morgan fingerprint density at radius 2 is 1.77 bits per heavy atom. The number of carboxylic acid groups (broad SMARTS) is 1. The maximum Gasteiger partial charge on any atom is 0.490 e. The first kappa shape index (κ1) is 35.4. The number of fused-ring (bicyclic) bond motifs is 2. The van der Waals surface area contributed by atoms with Crippen molar-refractivity contribution in [2.75, 3.05) is 19.6 Å². The van der Waals surface area contributed by atoms with Crippen LogP contribution in [0.1, 0.15) is 79.1 Å². The molecule has 258 valence electrons. The van der Waals surface area contributed by atoms with Crippen molar-refractivity contribution in [1.29, 1.82) is 0 Å². The number of hydrogen-bond donors (Lipinski definition) is 3. The summed E-state index contributed by atoms with van der Waals surface area (Å²) in [6.45, 7) is 9.53. The Morgan fingerprint density at radius 3 is 2.38 bits per heavy atom. The third-order valence-corrected chi connectivity index (χ3v) is 10.0. The van der Waals surface area contributed by atoms with Crippen LogP contribution in [0.5, 0.6) is 0 Å². The molecule has 10 nitrogen and oxygen atoms in total. The first-order valence-electron chi connectivity index (χ1n) is 16.0. The van der Waals surface area contributed by atoms with E-state index in [0.29, 0.717) is 10.9 Å². The van der Waals surface area contributed by atoms with Crippen molar-refractivity contribution >= 4 is 33.6 Å². The van der Waals surface area contributed by atoms with Gasteiger partial charge in [0.25, 0.3) is 5.91 Å². The molecule has 2 aliphatic rings. The molecule has 1 saturated heterocycles. The number of likely N-dealkylation sites (tertiary alicyclic amines) is 1. The van der Waals surface area contributed by atoms with Crippen molar-refractivity contribution in [2.45, 2.75) is 77.6 Å². The number of aryl methyl sites for hydroxylation is 1. The highest BCUT2D eigenvalue weighted by atomic mass is 32.1. The summed E-state index contributed by atoms with van der Waals surface area (Å²) in [5.74, 6) is -2.30. The summed E-state index contributed by atoms with van der Waals surface area (Å²) < 4.78 is 36.7. The molecule has 1 aliphatic carbocycles. The predicted molar refractivity (Wildman–Crippen MR) is 175 cm³/mol. The maximum absolute atomic E-state index is 13.6. The van der Waals surface area contributed by atoms with E-state index in [1.165, 1.54) is 16.9 Å². The lowest BCUT2D eigenvalue weighted by Gasteiger charge is -2.34. The number of aliphatic hydroxyl groups excluding tert-OH is 1. The van der Waals surface area contributed by atoms with Gasteiger partial charge in [-0.15, -0.1) is 0 Å². The number of rotatable bonds is 7.